The molecule has 0 radical (unpaired) electrons. The Labute approximate surface area is 88.0 Å². The monoisotopic (exact) mass is 211 g/mol. The third-order valence-electron chi connectivity index (χ3n) is 1.62. The summed E-state index contributed by atoms with van der Waals surface area (Å²) in [6.07, 6.45) is 0. The highest BCUT2D eigenvalue weighted by Crippen LogP contribution is 2.07. The van der Waals surface area contributed by atoms with Crippen LogP contribution in [0, 0.1) is 0 Å². The van der Waals surface area contributed by atoms with Crippen molar-refractivity contribution in [3.63, 3.8) is 0 Å². The molecule has 0 aliphatic heterocycles. The lowest BCUT2D eigenvalue weighted by Gasteiger charge is -2.05. The maximum absolute atomic E-state index is 9.98. The Hall–Kier alpha value is -1.62. The van der Waals surface area contributed by atoms with E-state index >= 15 is 0 Å². The minimum atomic E-state index is 0.158. The molecule has 5 nitrogen and oxygen atoms in total. The summed E-state index contributed by atoms with van der Waals surface area (Å²) in [5.74, 6) is 0.499. The fourth-order valence-electron chi connectivity index (χ4n) is 0.967. The molecule has 1 rings (SSSR count). The van der Waals surface area contributed by atoms with Crippen LogP contribution in [0.4, 0.5) is 0 Å². The van der Waals surface area contributed by atoms with Gasteiger partial charge in [-0.2, -0.15) is 0 Å². The zero-order valence-corrected chi connectivity index (χ0v) is 8.51. The van der Waals surface area contributed by atoms with E-state index in [1.807, 2.05) is 0 Å². The molecule has 0 N–H and O–H groups in total. The average Bonchev–Trinajstić information content (AvgIpc) is 2.27. The molecule has 1 heterocycles. The van der Waals surface area contributed by atoms with Gasteiger partial charge >= 0.3 is 0 Å². The summed E-state index contributed by atoms with van der Waals surface area (Å²) in [4.78, 5) is 14.1. The minimum absolute atomic E-state index is 0.158. The Morgan fingerprint density at radius 1 is 1.40 bits per heavy atom. The second-order valence-corrected chi connectivity index (χ2v) is 2.72. The van der Waals surface area contributed by atoms with Crippen LogP contribution in [0.2, 0.25) is 0 Å². The van der Waals surface area contributed by atoms with Crippen molar-refractivity contribution in [3.05, 3.63) is 23.9 Å². The van der Waals surface area contributed by atoms with Crippen molar-refractivity contribution in [2.45, 2.75) is 6.61 Å². The maximum Gasteiger partial charge on any atom is 0.293 e. The molecule has 0 fully saturated rings. The number of methoxy groups -OCH3 is 1. The molecular weight excluding hydrogens is 198 g/mol. The third kappa shape index (κ3) is 4.42. The predicted molar refractivity (Wildman–Crippen MR) is 52.5 cm³/mol. The number of carbonyl (C=O) groups is 1. The van der Waals surface area contributed by atoms with Crippen LogP contribution in [-0.4, -0.2) is 31.8 Å². The van der Waals surface area contributed by atoms with Gasteiger partial charge < -0.3 is 14.2 Å². The van der Waals surface area contributed by atoms with Crippen molar-refractivity contribution in [1.29, 1.82) is 0 Å². The zero-order chi connectivity index (χ0) is 10.9. The van der Waals surface area contributed by atoms with Crippen molar-refractivity contribution < 1.29 is 19.0 Å². The van der Waals surface area contributed by atoms with Gasteiger partial charge in [0.15, 0.2) is 0 Å². The quantitative estimate of drug-likeness (QED) is 0.492. The van der Waals surface area contributed by atoms with Crippen LogP contribution in [0.5, 0.6) is 5.88 Å². The van der Waals surface area contributed by atoms with Crippen LogP contribution in [0.3, 0.4) is 0 Å². The van der Waals surface area contributed by atoms with Gasteiger partial charge in [-0.15, -0.1) is 0 Å². The summed E-state index contributed by atoms with van der Waals surface area (Å²) in [6, 6.07) is 5.28. The molecule has 1 aromatic rings. The Bertz CT molecular complexity index is 303. The number of rotatable bonds is 7. The van der Waals surface area contributed by atoms with Crippen molar-refractivity contribution >= 4 is 6.47 Å². The molecule has 0 atom stereocenters. The van der Waals surface area contributed by atoms with Crippen LogP contribution in [0.25, 0.3) is 0 Å². The van der Waals surface area contributed by atoms with Gasteiger partial charge in [0.2, 0.25) is 5.88 Å². The van der Waals surface area contributed by atoms with Gasteiger partial charge in [-0.05, 0) is 6.07 Å². The van der Waals surface area contributed by atoms with E-state index in [0.717, 1.165) is 0 Å². The molecule has 0 aliphatic rings. The van der Waals surface area contributed by atoms with Gasteiger partial charge in [-0.25, -0.2) is 4.98 Å². The number of hydrogen-bond acceptors (Lipinski definition) is 5. The molecule has 0 saturated heterocycles. The first-order chi connectivity index (χ1) is 7.36. The second kappa shape index (κ2) is 6.78. The number of ether oxygens (including phenoxy) is 3. The normalized spacial score (nSPS) is 9.67. The van der Waals surface area contributed by atoms with E-state index in [2.05, 4.69) is 9.72 Å². The van der Waals surface area contributed by atoms with E-state index in [0.29, 0.717) is 31.3 Å². The van der Waals surface area contributed by atoms with Gasteiger partial charge in [0, 0.05) is 13.2 Å². The molecule has 0 spiro atoms. The van der Waals surface area contributed by atoms with Crippen molar-refractivity contribution in [1.82, 2.24) is 4.98 Å². The largest absolute Gasteiger partial charge is 0.475 e. The highest BCUT2D eigenvalue weighted by molar-refractivity contribution is 5.37. The standard InChI is InChI=1S/C10H13NO4/c1-13-5-6-15-10-4-2-3-9(11-10)7-14-8-12/h2-4,8H,5-7H2,1H3. The van der Waals surface area contributed by atoms with E-state index in [9.17, 15) is 4.79 Å². The van der Waals surface area contributed by atoms with E-state index in [-0.39, 0.29) is 6.61 Å². The topological polar surface area (TPSA) is 57.7 Å². The number of aromatic nitrogens is 1. The van der Waals surface area contributed by atoms with Gasteiger partial charge in [-0.3, -0.25) is 4.79 Å². The van der Waals surface area contributed by atoms with E-state index in [1.165, 1.54) is 0 Å². The molecular formula is C10H13NO4. The van der Waals surface area contributed by atoms with Crippen LogP contribution in [0.1, 0.15) is 5.69 Å². The van der Waals surface area contributed by atoms with Crippen molar-refractivity contribution in [2.24, 2.45) is 0 Å². The van der Waals surface area contributed by atoms with Crippen LogP contribution < -0.4 is 4.74 Å². The first-order valence-corrected chi connectivity index (χ1v) is 4.49. The molecule has 82 valence electrons. The van der Waals surface area contributed by atoms with Crippen LogP contribution in [0.15, 0.2) is 18.2 Å². The summed E-state index contributed by atoms with van der Waals surface area (Å²) >= 11 is 0. The highest BCUT2D eigenvalue weighted by Gasteiger charge is 1.98. The lowest BCUT2D eigenvalue weighted by molar-refractivity contribution is -0.129. The summed E-state index contributed by atoms with van der Waals surface area (Å²) in [7, 11) is 1.60. The summed E-state index contributed by atoms with van der Waals surface area (Å²) in [6.45, 7) is 1.50. The minimum Gasteiger partial charge on any atom is -0.475 e. The Morgan fingerprint density at radius 2 is 2.27 bits per heavy atom. The molecule has 0 saturated carbocycles. The van der Waals surface area contributed by atoms with Gasteiger partial charge in [0.1, 0.15) is 13.2 Å². The molecule has 0 bridgehead atoms. The molecule has 0 aliphatic carbocycles. The molecule has 1 aromatic heterocycles. The first kappa shape index (κ1) is 11.5. The Balaban J connectivity index is 2.46. The SMILES string of the molecule is COCCOc1cccc(COC=O)n1. The fourth-order valence-corrected chi connectivity index (χ4v) is 0.967. The predicted octanol–water partition coefficient (Wildman–Crippen LogP) is 0.780. The fraction of sp³-hybridized carbons (Fsp3) is 0.400. The average molecular weight is 211 g/mol. The summed E-state index contributed by atoms with van der Waals surface area (Å²) in [5, 5.41) is 0. The number of carbonyl (C=O) groups excluding carboxylic acids is 1. The number of nitrogens with zero attached hydrogens (tertiary/aromatic N) is 1. The summed E-state index contributed by atoms with van der Waals surface area (Å²) < 4.78 is 14.7. The lowest BCUT2D eigenvalue weighted by atomic mass is 10.4. The van der Waals surface area contributed by atoms with E-state index < -0.39 is 0 Å². The highest BCUT2D eigenvalue weighted by atomic mass is 16.5. The molecule has 0 aromatic carbocycles. The van der Waals surface area contributed by atoms with E-state index in [4.69, 9.17) is 9.47 Å². The first-order valence-electron chi connectivity index (χ1n) is 4.49. The molecule has 0 unspecified atom stereocenters. The Kier molecular flexibility index (Phi) is 5.18. The van der Waals surface area contributed by atoms with Crippen LogP contribution in [-0.2, 0) is 20.9 Å². The van der Waals surface area contributed by atoms with Gasteiger partial charge in [0.25, 0.3) is 6.47 Å². The maximum atomic E-state index is 9.98. The molecule has 15 heavy (non-hydrogen) atoms. The van der Waals surface area contributed by atoms with Crippen LogP contribution >= 0.6 is 0 Å². The lowest BCUT2D eigenvalue weighted by Crippen LogP contribution is -2.06. The van der Waals surface area contributed by atoms with Crippen molar-refractivity contribution in [2.75, 3.05) is 20.3 Å². The smallest absolute Gasteiger partial charge is 0.293 e. The molecule has 5 heteroatoms. The van der Waals surface area contributed by atoms with Crippen molar-refractivity contribution in [3.8, 4) is 5.88 Å². The summed E-state index contributed by atoms with van der Waals surface area (Å²) in [5.41, 5.74) is 0.650. The van der Waals surface area contributed by atoms with Gasteiger partial charge in [-0.1, -0.05) is 6.07 Å². The van der Waals surface area contributed by atoms with Gasteiger partial charge in [0.05, 0.1) is 12.3 Å². The Morgan fingerprint density at radius 3 is 3.00 bits per heavy atom. The second-order valence-electron chi connectivity index (χ2n) is 2.72. The van der Waals surface area contributed by atoms with E-state index in [1.54, 1.807) is 25.3 Å². The number of pyridine rings is 1. The zero-order valence-electron chi connectivity index (χ0n) is 8.51. The molecule has 0 amide bonds. The third-order valence-corrected chi connectivity index (χ3v) is 1.62. The number of hydrogen-bond donors (Lipinski definition) is 0.